The number of alkyl halides is 3. The number of nitrogens with two attached hydrogens (primary N) is 1. The van der Waals surface area contributed by atoms with E-state index in [1.165, 1.54) is 0 Å². The molecule has 0 radical (unpaired) electrons. The van der Waals surface area contributed by atoms with Gasteiger partial charge in [-0.15, -0.1) is 0 Å². The molecule has 29 heavy (non-hydrogen) atoms. The van der Waals surface area contributed by atoms with E-state index in [9.17, 15) is 22.8 Å². The number of primary amides is 1. The molecule has 0 bridgehead atoms. The Bertz CT molecular complexity index is 725. The fourth-order valence-corrected chi connectivity index (χ4v) is 8.41. The zero-order valence-electron chi connectivity index (χ0n) is 17.6. The van der Waals surface area contributed by atoms with Crippen LogP contribution in [0.4, 0.5) is 13.2 Å². The van der Waals surface area contributed by atoms with Crippen molar-refractivity contribution in [3.63, 3.8) is 0 Å². The van der Waals surface area contributed by atoms with Crippen molar-refractivity contribution in [1.29, 1.82) is 0 Å². The van der Waals surface area contributed by atoms with Gasteiger partial charge in [0.1, 0.15) is 0 Å². The highest BCUT2D eigenvalue weighted by Crippen LogP contribution is 2.71. The van der Waals surface area contributed by atoms with Crippen LogP contribution in [0.3, 0.4) is 0 Å². The lowest BCUT2D eigenvalue weighted by atomic mass is 9.45. The molecule has 1 aliphatic heterocycles. The van der Waals surface area contributed by atoms with E-state index in [1.54, 1.807) is 0 Å². The summed E-state index contributed by atoms with van der Waals surface area (Å²) in [5.74, 6) is 0.221. The van der Waals surface area contributed by atoms with Gasteiger partial charge in [0, 0.05) is 19.5 Å². The van der Waals surface area contributed by atoms with Crippen LogP contribution in [0.1, 0.15) is 71.6 Å². The number of amides is 2. The molecule has 4 rings (SSSR count). The number of piperidine rings is 1. The summed E-state index contributed by atoms with van der Waals surface area (Å²) in [5, 5.41) is 0. The number of rotatable bonds is 2. The van der Waals surface area contributed by atoms with Gasteiger partial charge in [-0.05, 0) is 73.5 Å². The van der Waals surface area contributed by atoms with Gasteiger partial charge >= 0.3 is 6.18 Å². The van der Waals surface area contributed by atoms with Gasteiger partial charge in [0.15, 0.2) is 0 Å². The molecule has 0 aromatic rings. The van der Waals surface area contributed by atoms with Crippen LogP contribution < -0.4 is 5.73 Å². The fraction of sp³-hybridized carbons (Fsp3) is 0.909. The van der Waals surface area contributed by atoms with Crippen LogP contribution in [-0.2, 0) is 9.59 Å². The van der Waals surface area contributed by atoms with Crippen molar-refractivity contribution in [3.8, 4) is 0 Å². The van der Waals surface area contributed by atoms with Crippen LogP contribution in [-0.4, -0.2) is 36.0 Å². The second-order valence-corrected chi connectivity index (χ2v) is 10.7. The summed E-state index contributed by atoms with van der Waals surface area (Å²) in [6.07, 6.45) is 0.0347. The van der Waals surface area contributed by atoms with Crippen molar-refractivity contribution in [2.45, 2.75) is 83.9 Å². The Morgan fingerprint density at radius 3 is 2.38 bits per heavy atom. The molecule has 2 amide bonds. The summed E-state index contributed by atoms with van der Waals surface area (Å²) in [4.78, 5) is 26.6. The molecule has 3 aliphatic carbocycles. The molecule has 2 unspecified atom stereocenters. The van der Waals surface area contributed by atoms with E-state index >= 15 is 0 Å². The number of carbonyl (C=O) groups is 2. The maximum Gasteiger partial charge on any atom is 0.390 e. The van der Waals surface area contributed by atoms with E-state index in [4.69, 9.17) is 5.73 Å². The Balaban J connectivity index is 1.68. The Labute approximate surface area is 170 Å². The lowest BCUT2D eigenvalue weighted by Crippen LogP contribution is -2.62. The number of hydrogen-bond acceptors (Lipinski definition) is 2. The van der Waals surface area contributed by atoms with Gasteiger partial charge in [-0.2, -0.15) is 13.2 Å². The zero-order chi connectivity index (χ0) is 21.4. The third-order valence-corrected chi connectivity index (χ3v) is 9.90. The molecular formula is C22H33F3N2O2. The topological polar surface area (TPSA) is 63.4 Å². The molecule has 164 valence electrons. The molecule has 3 saturated carbocycles. The first-order valence-corrected chi connectivity index (χ1v) is 11.0. The molecule has 0 aromatic carbocycles. The fourth-order valence-electron chi connectivity index (χ4n) is 8.41. The number of hydrogen-bond donors (Lipinski definition) is 1. The van der Waals surface area contributed by atoms with Gasteiger partial charge in [-0.25, -0.2) is 0 Å². The molecule has 7 atom stereocenters. The first kappa shape index (κ1) is 21.0. The number of likely N-dealkylation sites (tertiary alicyclic amines) is 1. The van der Waals surface area contributed by atoms with E-state index in [-0.39, 0.29) is 29.7 Å². The normalized spacial score (nSPS) is 47.4. The van der Waals surface area contributed by atoms with Crippen LogP contribution in [0.25, 0.3) is 0 Å². The van der Waals surface area contributed by atoms with Gasteiger partial charge in [-0.3, -0.25) is 9.59 Å². The average Bonchev–Trinajstić information content (AvgIpc) is 2.91. The van der Waals surface area contributed by atoms with Crippen LogP contribution in [0.2, 0.25) is 0 Å². The van der Waals surface area contributed by atoms with Crippen LogP contribution in [0.15, 0.2) is 0 Å². The second kappa shape index (κ2) is 6.36. The van der Waals surface area contributed by atoms with Crippen molar-refractivity contribution in [3.05, 3.63) is 0 Å². The molecule has 0 spiro atoms. The van der Waals surface area contributed by atoms with E-state index in [0.29, 0.717) is 31.1 Å². The quantitative estimate of drug-likeness (QED) is 0.733. The van der Waals surface area contributed by atoms with Gasteiger partial charge in [-0.1, -0.05) is 13.8 Å². The third kappa shape index (κ3) is 2.78. The van der Waals surface area contributed by atoms with Gasteiger partial charge in [0.25, 0.3) is 0 Å². The molecule has 7 heteroatoms. The highest BCUT2D eigenvalue weighted by molar-refractivity contribution is 5.82. The first-order valence-electron chi connectivity index (χ1n) is 11.0. The number of fused-ring (bicyclic) bond motifs is 5. The average molecular weight is 415 g/mol. The lowest BCUT2D eigenvalue weighted by molar-refractivity contribution is -0.194. The van der Waals surface area contributed by atoms with Crippen molar-refractivity contribution < 1.29 is 22.8 Å². The summed E-state index contributed by atoms with van der Waals surface area (Å²) in [6, 6.07) is 0.215. The highest BCUT2D eigenvalue weighted by Gasteiger charge is 2.68. The second-order valence-electron chi connectivity index (χ2n) is 10.7. The minimum Gasteiger partial charge on any atom is -0.369 e. The zero-order valence-corrected chi connectivity index (χ0v) is 17.6. The van der Waals surface area contributed by atoms with Crippen LogP contribution in [0, 0.1) is 34.0 Å². The number of carbonyl (C=O) groups excluding carboxylic acids is 2. The smallest absolute Gasteiger partial charge is 0.369 e. The van der Waals surface area contributed by atoms with Crippen LogP contribution in [0.5, 0.6) is 0 Å². The molecule has 2 N–H and O–H groups in total. The number of nitrogens with zero attached hydrogens (tertiary/aromatic N) is 1. The van der Waals surface area contributed by atoms with Crippen molar-refractivity contribution in [1.82, 2.24) is 4.90 Å². The Morgan fingerprint density at radius 2 is 1.76 bits per heavy atom. The van der Waals surface area contributed by atoms with Crippen LogP contribution >= 0.6 is 0 Å². The first-order chi connectivity index (χ1) is 13.4. The van der Waals surface area contributed by atoms with E-state index in [2.05, 4.69) is 6.92 Å². The minimum absolute atomic E-state index is 0.00884. The SMILES string of the molecule is CN1C(=O)CC[C@@]2(C)C1CC[C@@H]1[C@H]2CC[C@@]2(C)[C@H]1CCC2(CC(F)(F)F)C(N)=O. The van der Waals surface area contributed by atoms with Gasteiger partial charge in [0.2, 0.25) is 11.8 Å². The molecule has 1 heterocycles. The molecule has 4 fully saturated rings. The largest absolute Gasteiger partial charge is 0.390 e. The summed E-state index contributed by atoms with van der Waals surface area (Å²) >= 11 is 0. The van der Waals surface area contributed by atoms with Crippen molar-refractivity contribution >= 4 is 11.8 Å². The Hall–Kier alpha value is -1.27. The summed E-state index contributed by atoms with van der Waals surface area (Å²) in [7, 11) is 1.90. The maximum atomic E-state index is 13.5. The lowest BCUT2D eigenvalue weighted by Gasteiger charge is -2.62. The van der Waals surface area contributed by atoms with Gasteiger partial charge in [0.05, 0.1) is 11.8 Å². The summed E-state index contributed by atoms with van der Waals surface area (Å²) in [5.41, 5.74) is 3.50. The standard InChI is InChI=1S/C22H33F3N2O2/c1-19-9-8-17(28)27(3)16(19)5-4-13-14(19)6-10-20(2)15(13)7-11-21(20,18(26)29)12-22(23,24)25/h13-16H,4-12H2,1-3H3,(H2,26,29)/t13-,14-,15+,16?,19-,20+,21?/m1/s1. The third-order valence-electron chi connectivity index (χ3n) is 9.90. The Kier molecular flexibility index (Phi) is 4.60. The Morgan fingerprint density at radius 1 is 1.10 bits per heavy atom. The van der Waals surface area contributed by atoms with E-state index < -0.39 is 29.3 Å². The minimum atomic E-state index is -4.40. The predicted octanol–water partition coefficient (Wildman–Crippen LogP) is 4.27. The monoisotopic (exact) mass is 414 g/mol. The highest BCUT2D eigenvalue weighted by atomic mass is 19.4. The number of halogens is 3. The summed E-state index contributed by atoms with van der Waals surface area (Å²) < 4.78 is 40.5. The van der Waals surface area contributed by atoms with Crippen molar-refractivity contribution in [2.75, 3.05) is 7.05 Å². The molecule has 1 saturated heterocycles. The summed E-state index contributed by atoms with van der Waals surface area (Å²) in [6.45, 7) is 4.19. The molecular weight excluding hydrogens is 381 g/mol. The van der Waals surface area contributed by atoms with Crippen molar-refractivity contribution in [2.24, 2.45) is 39.7 Å². The van der Waals surface area contributed by atoms with E-state index in [0.717, 1.165) is 25.7 Å². The molecule has 0 aromatic heterocycles. The van der Waals surface area contributed by atoms with E-state index in [1.807, 2.05) is 18.9 Å². The maximum absolute atomic E-state index is 13.5. The predicted molar refractivity (Wildman–Crippen MR) is 102 cm³/mol. The van der Waals surface area contributed by atoms with Gasteiger partial charge < -0.3 is 10.6 Å². The molecule has 4 nitrogen and oxygen atoms in total. The molecule has 4 aliphatic rings.